The molecule has 0 unspecified atom stereocenters. The number of aromatic hydroxyl groups is 1. The first kappa shape index (κ1) is 61.8. The first-order valence-corrected chi connectivity index (χ1v) is 24.7. The molecular formula is C43H69N11O14S2. The smallest absolute Gasteiger partial charge is 0.300 e. The molecule has 1 aromatic rings. The number of phenols is 1. The van der Waals surface area contributed by atoms with Gasteiger partial charge in [0.1, 0.15) is 48.0 Å². The number of amides is 10. The zero-order valence-corrected chi connectivity index (χ0v) is 42.1. The van der Waals surface area contributed by atoms with Crippen LogP contribution in [-0.2, 0) is 59.2 Å². The second kappa shape index (κ2) is 30.4. The molecule has 25 nitrogen and oxygen atoms in total. The minimum absolute atomic E-state index is 0.0443. The third-order valence-electron chi connectivity index (χ3n) is 10.5. The average Bonchev–Trinajstić information content (AvgIpc) is 3.27. The molecular weight excluding hydrogens is 959 g/mol. The summed E-state index contributed by atoms with van der Waals surface area (Å²) in [5, 5.41) is 45.4. The van der Waals surface area contributed by atoms with Crippen molar-refractivity contribution in [3.63, 3.8) is 0 Å². The van der Waals surface area contributed by atoms with Gasteiger partial charge in [-0.25, -0.2) is 0 Å². The predicted octanol–water partition coefficient (Wildman–Crippen LogP) is -3.55. The second-order valence-corrected chi connectivity index (χ2v) is 19.6. The molecule has 10 amide bonds. The van der Waals surface area contributed by atoms with E-state index in [1.54, 1.807) is 27.7 Å². The quantitative estimate of drug-likeness (QED) is 0.0713. The summed E-state index contributed by atoms with van der Waals surface area (Å²) in [6.45, 7) is 10.1. The minimum Gasteiger partial charge on any atom is -0.508 e. The SMILES string of the molecule is CC(=O)O.CC[C@H](C)[C@@H]1NC(=O)[C@H](Cc2ccc(O)cc2)NC(=O)[C@@H](N)CSSC[C@@H](C(=O)N(C)[C@@H](C)C(=O)N[C@@H](CC(C)C)C(=O)NCC(N)=O)NC(=O)[C@H](CC(N)=O)NC(=O)[C@H]([C@@H](C)O)NC1=O. The molecule has 1 aliphatic rings. The number of hydrogen-bond acceptors (Lipinski definition) is 16. The van der Waals surface area contributed by atoms with Crippen molar-refractivity contribution in [2.75, 3.05) is 25.1 Å². The Kier molecular flexibility index (Phi) is 26.9. The maximum Gasteiger partial charge on any atom is 0.300 e. The van der Waals surface area contributed by atoms with Crippen LogP contribution in [0.2, 0.25) is 0 Å². The number of benzene rings is 1. The van der Waals surface area contributed by atoms with E-state index in [1.165, 1.54) is 45.2 Å². The lowest BCUT2D eigenvalue weighted by atomic mass is 9.96. The van der Waals surface area contributed by atoms with Crippen LogP contribution < -0.4 is 54.4 Å². The monoisotopic (exact) mass is 1030 g/mol. The molecule has 1 aromatic carbocycles. The highest BCUT2D eigenvalue weighted by Gasteiger charge is 2.38. The maximum absolute atomic E-state index is 14.2. The Morgan fingerprint density at radius 3 is 1.83 bits per heavy atom. The summed E-state index contributed by atoms with van der Waals surface area (Å²) >= 11 is 0. The fourth-order valence-corrected chi connectivity index (χ4v) is 8.58. The Balaban J connectivity index is 0.00000588. The standard InChI is InChI=1S/C41H65N11O12S2.C2H4O2/c1-8-20(4)32-39(62)51-33(22(6)53)40(63)48-28(15-30(43)55)37(60)49-29(41(64)52(7)21(5)34(57)46-26(13-19(2)3)36(59)45-16-31(44)56)18-66-65-17-25(42)35(58)47-27(38(61)50-32)14-23-9-11-24(54)12-10-23;1-2(3)4/h9-12,19-22,25-29,32-33,53-54H,8,13-18,42H2,1-7H3,(H2,43,55)(H2,44,56)(H,45,59)(H,46,57)(H,47,58)(H,48,63)(H,49,60)(H,50,61)(H,51,62);1H3,(H,3,4)/t20-,21-,22+,25-,26-,27-,28-,29-,32-,33-;/m0./s1. The van der Waals surface area contributed by atoms with Gasteiger partial charge in [0.15, 0.2) is 0 Å². The summed E-state index contributed by atoms with van der Waals surface area (Å²) in [6, 6.07) is -5.46. The molecule has 16 N–H and O–H groups in total. The number of likely N-dealkylation sites (N-methyl/N-ethyl adjacent to an activating group) is 1. The molecule has 70 heavy (non-hydrogen) atoms. The third kappa shape index (κ3) is 22.1. The number of nitrogens with two attached hydrogens (primary N) is 3. The number of rotatable bonds is 16. The van der Waals surface area contributed by atoms with Crippen LogP contribution >= 0.6 is 21.6 Å². The first-order valence-electron chi connectivity index (χ1n) is 22.2. The Hall–Kier alpha value is -6.19. The molecule has 0 spiro atoms. The van der Waals surface area contributed by atoms with Crippen LogP contribution in [0.1, 0.15) is 73.3 Å². The van der Waals surface area contributed by atoms with Crippen LogP contribution in [0.25, 0.3) is 0 Å². The number of hydrogen-bond donors (Lipinski definition) is 13. The van der Waals surface area contributed by atoms with Crippen LogP contribution in [0.5, 0.6) is 5.75 Å². The summed E-state index contributed by atoms with van der Waals surface area (Å²) in [7, 11) is 3.26. The number of aliphatic hydroxyl groups excluding tert-OH is 1. The van der Waals surface area contributed by atoms with E-state index < -0.39 is 138 Å². The van der Waals surface area contributed by atoms with E-state index >= 15 is 0 Å². The topological polar surface area (TPSA) is 414 Å². The van der Waals surface area contributed by atoms with Crippen molar-refractivity contribution in [3.05, 3.63) is 29.8 Å². The maximum atomic E-state index is 14.2. The van der Waals surface area contributed by atoms with E-state index in [0.717, 1.165) is 33.4 Å². The molecule has 0 radical (unpaired) electrons. The molecule has 1 aliphatic heterocycles. The van der Waals surface area contributed by atoms with Gasteiger partial charge in [-0.1, -0.05) is 67.8 Å². The number of carboxylic acids is 1. The van der Waals surface area contributed by atoms with Crippen LogP contribution in [0.4, 0.5) is 0 Å². The van der Waals surface area contributed by atoms with Crippen molar-refractivity contribution in [1.82, 2.24) is 42.1 Å². The number of primary amides is 2. The molecule has 1 saturated heterocycles. The van der Waals surface area contributed by atoms with Crippen molar-refractivity contribution in [1.29, 1.82) is 0 Å². The number of phenolic OH excluding ortho intramolecular Hbond substituents is 1. The number of carbonyl (C=O) groups is 11. The van der Waals surface area contributed by atoms with Gasteiger partial charge < -0.3 is 74.6 Å². The van der Waals surface area contributed by atoms with Gasteiger partial charge in [0, 0.05) is 31.9 Å². The van der Waals surface area contributed by atoms with Gasteiger partial charge >= 0.3 is 0 Å². The van der Waals surface area contributed by atoms with Gasteiger partial charge in [-0.15, -0.1) is 0 Å². The van der Waals surface area contributed by atoms with E-state index in [4.69, 9.17) is 27.1 Å². The minimum atomic E-state index is -1.77. The molecule has 2 rings (SSSR count). The second-order valence-electron chi connectivity index (χ2n) is 17.0. The highest BCUT2D eigenvalue weighted by molar-refractivity contribution is 8.76. The summed E-state index contributed by atoms with van der Waals surface area (Å²) in [4.78, 5) is 143. The van der Waals surface area contributed by atoms with Gasteiger partial charge in [-0.05, 0) is 49.8 Å². The molecule has 0 saturated carbocycles. The molecule has 392 valence electrons. The number of carboxylic acid groups (broad SMARTS) is 1. The van der Waals surface area contributed by atoms with E-state index in [-0.39, 0.29) is 36.0 Å². The summed E-state index contributed by atoms with van der Waals surface area (Å²) in [5.41, 5.74) is 17.4. The van der Waals surface area contributed by atoms with Gasteiger partial charge in [-0.3, -0.25) is 52.7 Å². The molecule has 10 atom stereocenters. The van der Waals surface area contributed by atoms with E-state index in [9.17, 15) is 58.2 Å². The fraction of sp³-hybridized carbons (Fsp3) is 0.605. The molecule has 0 aliphatic carbocycles. The zero-order chi connectivity index (χ0) is 53.6. The molecule has 0 bridgehead atoms. The fourth-order valence-electron chi connectivity index (χ4n) is 6.30. The Morgan fingerprint density at radius 2 is 1.30 bits per heavy atom. The van der Waals surface area contributed by atoms with Crippen molar-refractivity contribution in [3.8, 4) is 5.75 Å². The van der Waals surface area contributed by atoms with Crippen molar-refractivity contribution < 1.29 is 68.1 Å². The lowest BCUT2D eigenvalue weighted by molar-refractivity contribution is -0.142. The van der Waals surface area contributed by atoms with Gasteiger partial charge in [0.05, 0.1) is 25.1 Å². The van der Waals surface area contributed by atoms with E-state index in [0.29, 0.717) is 12.0 Å². The predicted molar refractivity (Wildman–Crippen MR) is 258 cm³/mol. The van der Waals surface area contributed by atoms with Gasteiger partial charge in [0.25, 0.3) is 5.97 Å². The Labute approximate surface area is 413 Å². The normalized spacial score (nSPS) is 22.5. The molecule has 1 fully saturated rings. The van der Waals surface area contributed by atoms with Gasteiger partial charge in [-0.2, -0.15) is 0 Å². The van der Waals surface area contributed by atoms with Gasteiger partial charge in [0.2, 0.25) is 59.1 Å². The van der Waals surface area contributed by atoms with E-state index in [2.05, 4.69) is 37.2 Å². The zero-order valence-electron chi connectivity index (χ0n) is 40.4. The largest absolute Gasteiger partial charge is 0.508 e. The van der Waals surface area contributed by atoms with Crippen LogP contribution in [0.15, 0.2) is 24.3 Å². The van der Waals surface area contributed by atoms with E-state index in [1.807, 2.05) is 0 Å². The third-order valence-corrected chi connectivity index (χ3v) is 13.0. The number of nitrogens with zero attached hydrogens (tertiary/aromatic N) is 1. The van der Waals surface area contributed by atoms with Crippen molar-refractivity contribution in [2.45, 2.75) is 129 Å². The lowest BCUT2D eigenvalue weighted by Gasteiger charge is -2.31. The van der Waals surface area contributed by atoms with Crippen LogP contribution in [0.3, 0.4) is 0 Å². The summed E-state index contributed by atoms with van der Waals surface area (Å²) in [6.07, 6.45) is -2.02. The lowest BCUT2D eigenvalue weighted by Crippen LogP contribution is -2.63. The van der Waals surface area contributed by atoms with Crippen molar-refractivity contribution >= 4 is 86.6 Å². The first-order chi connectivity index (χ1) is 32.6. The highest BCUT2D eigenvalue weighted by atomic mass is 33.1. The molecule has 1 heterocycles. The van der Waals surface area contributed by atoms with Crippen LogP contribution in [0, 0.1) is 11.8 Å². The Bertz CT molecular complexity index is 2010. The average molecular weight is 1030 g/mol. The highest BCUT2D eigenvalue weighted by Crippen LogP contribution is 2.24. The number of carbonyl (C=O) groups excluding carboxylic acids is 10. The molecule has 0 aromatic heterocycles. The van der Waals surface area contributed by atoms with Crippen molar-refractivity contribution in [2.24, 2.45) is 29.0 Å². The number of nitrogens with one attached hydrogen (secondary N) is 7. The summed E-state index contributed by atoms with van der Waals surface area (Å²) < 4.78 is 0. The molecule has 27 heteroatoms. The Morgan fingerprint density at radius 1 is 0.771 bits per heavy atom. The number of aliphatic carboxylic acids is 1. The van der Waals surface area contributed by atoms with Crippen LogP contribution in [-0.4, -0.2) is 165 Å². The number of aliphatic hydroxyl groups is 1. The summed E-state index contributed by atoms with van der Waals surface area (Å²) in [5.74, 6) is -10.8.